The molecule has 2 unspecified atom stereocenters. The fraction of sp³-hybridized carbons (Fsp3) is 0.562. The normalized spacial score (nSPS) is 28.9. The SMILES string of the molecule is CC1O[C@H](OC(=N)C(Cl)(Cl)Cl)C(OCc2ccccc2)[C@@H](C)[C@@H]1N=[N+]=[N-]. The van der Waals surface area contributed by atoms with Gasteiger partial charge in [0.05, 0.1) is 18.8 Å². The number of hydrogen-bond acceptors (Lipinski definition) is 5. The molecule has 1 N–H and O–H groups in total. The van der Waals surface area contributed by atoms with E-state index < -0.39 is 34.2 Å². The van der Waals surface area contributed by atoms with Crippen LogP contribution in [0.2, 0.25) is 0 Å². The maximum absolute atomic E-state index is 8.81. The van der Waals surface area contributed by atoms with E-state index in [1.165, 1.54) is 0 Å². The van der Waals surface area contributed by atoms with Crippen LogP contribution < -0.4 is 0 Å². The lowest BCUT2D eigenvalue weighted by Gasteiger charge is -2.42. The van der Waals surface area contributed by atoms with Crippen LogP contribution in [-0.4, -0.2) is 34.2 Å². The number of halogens is 3. The number of ether oxygens (including phenoxy) is 3. The Bertz CT molecular complexity index is 664. The van der Waals surface area contributed by atoms with E-state index in [-0.39, 0.29) is 12.5 Å². The van der Waals surface area contributed by atoms with Crippen LogP contribution in [0, 0.1) is 11.3 Å². The predicted molar refractivity (Wildman–Crippen MR) is 101 cm³/mol. The molecule has 26 heavy (non-hydrogen) atoms. The molecule has 0 spiro atoms. The number of nitrogens with one attached hydrogen (secondary N) is 1. The minimum atomic E-state index is -2.01. The van der Waals surface area contributed by atoms with Crippen molar-refractivity contribution in [1.29, 1.82) is 5.41 Å². The van der Waals surface area contributed by atoms with Gasteiger partial charge in [-0.1, -0.05) is 77.2 Å². The van der Waals surface area contributed by atoms with Gasteiger partial charge in [-0.2, -0.15) is 0 Å². The highest BCUT2D eigenvalue weighted by Crippen LogP contribution is 2.34. The Morgan fingerprint density at radius 1 is 1.31 bits per heavy atom. The first-order valence-electron chi connectivity index (χ1n) is 7.91. The molecule has 142 valence electrons. The summed E-state index contributed by atoms with van der Waals surface area (Å²) in [7, 11) is 0. The summed E-state index contributed by atoms with van der Waals surface area (Å²) < 4.78 is 15.2. The second kappa shape index (κ2) is 9.13. The highest BCUT2D eigenvalue weighted by atomic mass is 35.6. The van der Waals surface area contributed by atoms with Crippen LogP contribution in [0.5, 0.6) is 0 Å². The first-order chi connectivity index (χ1) is 12.2. The zero-order valence-corrected chi connectivity index (χ0v) is 16.4. The number of azide groups is 1. The maximum Gasteiger partial charge on any atom is 0.265 e. The van der Waals surface area contributed by atoms with Crippen molar-refractivity contribution in [2.45, 2.75) is 48.8 Å². The summed E-state index contributed by atoms with van der Waals surface area (Å²) in [4.78, 5) is 2.88. The van der Waals surface area contributed by atoms with Crippen molar-refractivity contribution in [3.8, 4) is 0 Å². The highest BCUT2D eigenvalue weighted by Gasteiger charge is 2.45. The molecule has 0 aliphatic carbocycles. The van der Waals surface area contributed by atoms with Gasteiger partial charge in [-0.25, -0.2) is 0 Å². The van der Waals surface area contributed by atoms with Crippen LogP contribution in [-0.2, 0) is 20.8 Å². The highest BCUT2D eigenvalue weighted by molar-refractivity contribution is 6.76. The molecule has 1 aromatic rings. The molecular weight excluding hydrogens is 403 g/mol. The molecule has 1 aliphatic heterocycles. The third-order valence-electron chi connectivity index (χ3n) is 4.12. The summed E-state index contributed by atoms with van der Waals surface area (Å²) in [6, 6.07) is 9.09. The van der Waals surface area contributed by atoms with Gasteiger partial charge in [0.25, 0.3) is 3.79 Å². The van der Waals surface area contributed by atoms with Crippen LogP contribution in [0.25, 0.3) is 10.4 Å². The maximum atomic E-state index is 8.81. The quantitative estimate of drug-likeness (QED) is 0.181. The number of nitrogens with zero attached hydrogens (tertiary/aromatic N) is 3. The minimum Gasteiger partial charge on any atom is -0.445 e. The molecule has 0 radical (unpaired) electrons. The first kappa shape index (κ1) is 21.1. The van der Waals surface area contributed by atoms with Crippen LogP contribution in [0.15, 0.2) is 35.4 Å². The van der Waals surface area contributed by atoms with Crippen LogP contribution in [0.3, 0.4) is 0 Å². The van der Waals surface area contributed by atoms with Crippen molar-refractivity contribution >= 4 is 40.7 Å². The lowest BCUT2D eigenvalue weighted by Crippen LogP contribution is -2.54. The van der Waals surface area contributed by atoms with Gasteiger partial charge in [-0.05, 0) is 23.9 Å². The van der Waals surface area contributed by atoms with Gasteiger partial charge in [0, 0.05) is 4.91 Å². The molecule has 0 aromatic heterocycles. The molecule has 2 rings (SSSR count). The van der Waals surface area contributed by atoms with Crippen LogP contribution in [0.1, 0.15) is 19.4 Å². The summed E-state index contributed by atoms with van der Waals surface area (Å²) in [6.07, 6.45) is -2.06. The predicted octanol–water partition coefficient (Wildman–Crippen LogP) is 5.00. The molecule has 0 saturated carbocycles. The molecule has 1 aromatic carbocycles. The average molecular weight is 422 g/mol. The standard InChI is InChI=1S/C16H19Cl3N4O3/c1-9-12(22-23-21)10(2)25-14(26-15(20)16(17,18)19)13(9)24-8-11-6-4-3-5-7-11/h3-7,9-10,12-14,20H,8H2,1-2H3/t9-,10?,12-,13?,14+/m0/s1. The summed E-state index contributed by atoms with van der Waals surface area (Å²) in [5.74, 6) is -0.811. The van der Waals surface area contributed by atoms with E-state index in [0.717, 1.165) is 5.56 Å². The van der Waals surface area contributed by atoms with E-state index in [2.05, 4.69) is 10.0 Å². The Morgan fingerprint density at radius 2 is 1.96 bits per heavy atom. The molecule has 10 heteroatoms. The molecule has 1 heterocycles. The second-order valence-corrected chi connectivity index (χ2v) is 8.25. The number of alkyl halides is 3. The van der Waals surface area contributed by atoms with Crippen molar-refractivity contribution in [3.05, 3.63) is 46.3 Å². The van der Waals surface area contributed by atoms with E-state index >= 15 is 0 Å². The van der Waals surface area contributed by atoms with Crippen molar-refractivity contribution in [3.63, 3.8) is 0 Å². The molecule has 1 saturated heterocycles. The van der Waals surface area contributed by atoms with Gasteiger partial charge >= 0.3 is 0 Å². The Morgan fingerprint density at radius 3 is 2.54 bits per heavy atom. The fourth-order valence-corrected chi connectivity index (χ4v) is 2.91. The Hall–Kier alpha value is -1.21. The molecule has 5 atom stereocenters. The zero-order valence-electron chi connectivity index (χ0n) is 14.2. The minimum absolute atomic E-state index is 0.244. The Kier molecular flexibility index (Phi) is 7.41. The molecular formula is C16H19Cl3N4O3. The van der Waals surface area contributed by atoms with Gasteiger partial charge in [-0.3, -0.25) is 5.41 Å². The van der Waals surface area contributed by atoms with Crippen molar-refractivity contribution < 1.29 is 14.2 Å². The average Bonchev–Trinajstić information content (AvgIpc) is 2.58. The van der Waals surface area contributed by atoms with E-state index in [9.17, 15) is 0 Å². The van der Waals surface area contributed by atoms with Crippen molar-refractivity contribution in [2.24, 2.45) is 11.0 Å². The van der Waals surface area contributed by atoms with Crippen LogP contribution >= 0.6 is 34.8 Å². The molecule has 1 fully saturated rings. The zero-order chi connectivity index (χ0) is 19.3. The van der Waals surface area contributed by atoms with E-state index in [1.807, 2.05) is 37.3 Å². The topological polar surface area (TPSA) is 100 Å². The van der Waals surface area contributed by atoms with Gasteiger partial charge in [0.15, 0.2) is 0 Å². The monoisotopic (exact) mass is 420 g/mol. The first-order valence-corrected chi connectivity index (χ1v) is 9.05. The summed E-state index contributed by atoms with van der Waals surface area (Å²) in [6.45, 7) is 3.90. The Balaban J connectivity index is 2.19. The van der Waals surface area contributed by atoms with E-state index in [1.54, 1.807) is 6.92 Å². The van der Waals surface area contributed by atoms with Gasteiger partial charge in [0.2, 0.25) is 12.2 Å². The number of rotatable bonds is 5. The fourth-order valence-electron chi connectivity index (χ4n) is 2.77. The number of benzene rings is 1. The van der Waals surface area contributed by atoms with E-state index in [0.29, 0.717) is 0 Å². The Labute approximate surface area is 166 Å². The second-order valence-electron chi connectivity index (χ2n) is 5.97. The molecule has 0 amide bonds. The lowest BCUT2D eigenvalue weighted by atomic mass is 9.89. The molecule has 0 bridgehead atoms. The van der Waals surface area contributed by atoms with Gasteiger partial charge < -0.3 is 14.2 Å². The third kappa shape index (κ3) is 5.39. The summed E-state index contributed by atoms with van der Waals surface area (Å²) >= 11 is 17.1. The van der Waals surface area contributed by atoms with Gasteiger partial charge in [0.1, 0.15) is 6.10 Å². The van der Waals surface area contributed by atoms with Crippen molar-refractivity contribution in [2.75, 3.05) is 0 Å². The number of hydrogen-bond donors (Lipinski definition) is 1. The van der Waals surface area contributed by atoms with Gasteiger partial charge in [-0.15, -0.1) is 0 Å². The van der Waals surface area contributed by atoms with Crippen LogP contribution in [0.4, 0.5) is 0 Å². The summed E-state index contributed by atoms with van der Waals surface area (Å²) in [5.41, 5.74) is 9.76. The lowest BCUT2D eigenvalue weighted by molar-refractivity contribution is -0.243. The molecule has 7 nitrogen and oxygen atoms in total. The largest absolute Gasteiger partial charge is 0.445 e. The van der Waals surface area contributed by atoms with E-state index in [4.69, 9.17) is 60.0 Å². The summed E-state index contributed by atoms with van der Waals surface area (Å²) in [5, 5.41) is 11.6. The van der Waals surface area contributed by atoms with Crippen molar-refractivity contribution in [1.82, 2.24) is 0 Å². The smallest absolute Gasteiger partial charge is 0.265 e. The third-order valence-corrected chi connectivity index (χ3v) is 4.63. The molecule has 1 aliphatic rings.